The molecule has 3 N–H and O–H groups in total. The molecular weight excluding hydrogens is 454 g/mol. The van der Waals surface area contributed by atoms with Crippen LogP contribution in [0.3, 0.4) is 0 Å². The number of nitrogen functional groups attached to an aromatic ring is 1. The van der Waals surface area contributed by atoms with Gasteiger partial charge in [0.2, 0.25) is 0 Å². The van der Waals surface area contributed by atoms with Crippen molar-refractivity contribution in [1.29, 1.82) is 0 Å². The molecule has 1 saturated carbocycles. The number of hydrogen-bond acceptors (Lipinski definition) is 5. The third-order valence-corrected chi connectivity index (χ3v) is 6.76. The van der Waals surface area contributed by atoms with Gasteiger partial charge in [0.15, 0.2) is 17.5 Å². The van der Waals surface area contributed by atoms with E-state index in [0.717, 1.165) is 49.0 Å². The van der Waals surface area contributed by atoms with Gasteiger partial charge in [-0.05, 0) is 54.6 Å². The van der Waals surface area contributed by atoms with Gasteiger partial charge < -0.3 is 15.0 Å². The Bertz CT molecular complexity index is 1350. The van der Waals surface area contributed by atoms with Crippen molar-refractivity contribution < 1.29 is 17.6 Å². The van der Waals surface area contributed by atoms with E-state index in [0.29, 0.717) is 34.8 Å². The number of nitrogens with zero attached hydrogens (tertiary/aromatic N) is 3. The van der Waals surface area contributed by atoms with E-state index in [2.05, 4.69) is 19.3 Å². The number of hydrogen-bond donors (Lipinski definition) is 2. The Morgan fingerprint density at radius 3 is 2.52 bits per heavy atom. The highest BCUT2D eigenvalue weighted by Crippen LogP contribution is 2.39. The highest BCUT2D eigenvalue weighted by Gasteiger charge is 2.23. The van der Waals surface area contributed by atoms with E-state index >= 15 is 0 Å². The van der Waals surface area contributed by atoms with Gasteiger partial charge in [0.1, 0.15) is 23.6 Å². The molecule has 1 aliphatic rings. The molecule has 0 unspecified atom stereocenters. The third kappa shape index (κ3) is 3.88. The first-order valence-corrected chi connectivity index (χ1v) is 11.2. The maximum absolute atomic E-state index is 14.9. The highest BCUT2D eigenvalue weighted by atomic mass is 32.2. The number of nitrogens with one attached hydrogen (secondary N) is 1. The van der Waals surface area contributed by atoms with E-state index < -0.39 is 23.3 Å². The van der Waals surface area contributed by atoms with Crippen LogP contribution in [0.4, 0.5) is 29.1 Å². The number of rotatable bonds is 5. The number of fused-ring (bicyclic) bond motifs is 1. The van der Waals surface area contributed by atoms with Crippen molar-refractivity contribution in [3.05, 3.63) is 66.1 Å². The van der Waals surface area contributed by atoms with Crippen LogP contribution in [0.2, 0.25) is 0 Å². The lowest BCUT2D eigenvalue weighted by molar-refractivity contribution is 0.435. The molecule has 0 amide bonds. The molecule has 0 bridgehead atoms. The minimum Gasteiger partial charge on any atom is -0.383 e. The monoisotopic (exact) mass is 473 g/mol. The van der Waals surface area contributed by atoms with Crippen LogP contribution in [0, 0.1) is 23.3 Å². The van der Waals surface area contributed by atoms with Crippen LogP contribution < -0.4 is 10.5 Å². The summed E-state index contributed by atoms with van der Waals surface area (Å²) < 4.78 is 60.1. The van der Waals surface area contributed by atoms with Crippen LogP contribution in [-0.4, -0.2) is 14.5 Å². The Morgan fingerprint density at radius 2 is 1.76 bits per heavy atom. The average Bonchev–Trinajstić information content (AvgIpc) is 3.46. The van der Waals surface area contributed by atoms with E-state index in [1.165, 1.54) is 18.5 Å². The third-order valence-electron chi connectivity index (χ3n) is 5.91. The molecule has 2 aromatic carbocycles. The summed E-state index contributed by atoms with van der Waals surface area (Å²) in [6, 6.07) is 6.74. The Kier molecular flexibility index (Phi) is 5.61. The van der Waals surface area contributed by atoms with Crippen LogP contribution >= 0.6 is 11.9 Å². The quantitative estimate of drug-likeness (QED) is 0.198. The lowest BCUT2D eigenvalue weighted by atomic mass is 10.1. The average molecular weight is 473 g/mol. The lowest BCUT2D eigenvalue weighted by Crippen LogP contribution is -2.04. The van der Waals surface area contributed by atoms with Crippen molar-refractivity contribution in [1.82, 2.24) is 14.5 Å². The van der Waals surface area contributed by atoms with Gasteiger partial charge in [-0.2, -0.15) is 0 Å². The van der Waals surface area contributed by atoms with Gasteiger partial charge in [0.05, 0.1) is 16.0 Å². The molecule has 10 heteroatoms. The summed E-state index contributed by atoms with van der Waals surface area (Å²) in [6.07, 6.45) is 7.75. The van der Waals surface area contributed by atoms with Crippen molar-refractivity contribution in [3.63, 3.8) is 0 Å². The van der Waals surface area contributed by atoms with Crippen LogP contribution in [0.15, 0.2) is 47.8 Å². The van der Waals surface area contributed by atoms with Crippen molar-refractivity contribution in [2.45, 2.75) is 36.6 Å². The van der Waals surface area contributed by atoms with Crippen LogP contribution in [-0.2, 0) is 0 Å². The molecule has 0 aliphatic heterocycles. The molecule has 5 nitrogen and oxygen atoms in total. The van der Waals surface area contributed by atoms with Gasteiger partial charge in [-0.3, -0.25) is 0 Å². The first-order chi connectivity index (χ1) is 15.9. The van der Waals surface area contributed by atoms with Gasteiger partial charge in [0.25, 0.3) is 0 Å². The SMILES string of the molecule is Nc1ncnc2c1c(-c1ccc(NSc3ccc(F)c(F)c3F)c(F)c1)cn2C1CCCC1. The number of aromatic nitrogens is 3. The Morgan fingerprint density at radius 1 is 0.970 bits per heavy atom. The normalized spacial score (nSPS) is 14.3. The predicted octanol–water partition coefficient (Wildman–Crippen LogP) is 6.47. The summed E-state index contributed by atoms with van der Waals surface area (Å²) in [4.78, 5) is 8.34. The van der Waals surface area contributed by atoms with Crippen molar-refractivity contribution >= 4 is 34.5 Å². The van der Waals surface area contributed by atoms with Crippen molar-refractivity contribution in [3.8, 4) is 11.1 Å². The summed E-state index contributed by atoms with van der Waals surface area (Å²) >= 11 is 0.649. The summed E-state index contributed by atoms with van der Waals surface area (Å²) in [5.41, 5.74) is 8.25. The molecule has 1 aliphatic carbocycles. The highest BCUT2D eigenvalue weighted by molar-refractivity contribution is 8.00. The molecule has 2 aromatic heterocycles. The smallest absolute Gasteiger partial charge is 0.195 e. The molecule has 0 radical (unpaired) electrons. The summed E-state index contributed by atoms with van der Waals surface area (Å²) in [6.45, 7) is 0. The fourth-order valence-electron chi connectivity index (χ4n) is 4.25. The number of nitrogens with two attached hydrogens (primary N) is 1. The zero-order chi connectivity index (χ0) is 23.1. The summed E-state index contributed by atoms with van der Waals surface area (Å²) in [7, 11) is 0. The number of anilines is 2. The number of benzene rings is 2. The molecule has 0 spiro atoms. The first kappa shape index (κ1) is 21.6. The Labute approximate surface area is 191 Å². The van der Waals surface area contributed by atoms with Gasteiger partial charge in [-0.1, -0.05) is 18.9 Å². The minimum atomic E-state index is -1.57. The van der Waals surface area contributed by atoms with E-state index in [1.54, 1.807) is 6.07 Å². The van der Waals surface area contributed by atoms with Gasteiger partial charge in [-0.25, -0.2) is 27.5 Å². The maximum Gasteiger partial charge on any atom is 0.195 e. The lowest BCUT2D eigenvalue weighted by Gasteiger charge is -2.12. The fraction of sp³-hybridized carbons (Fsp3) is 0.217. The molecule has 1 fully saturated rings. The zero-order valence-corrected chi connectivity index (χ0v) is 18.1. The topological polar surface area (TPSA) is 68.8 Å². The summed E-state index contributed by atoms with van der Waals surface area (Å²) in [5, 5.41) is 0.669. The Balaban J connectivity index is 1.47. The van der Waals surface area contributed by atoms with Crippen molar-refractivity contribution in [2.24, 2.45) is 0 Å². The molecule has 0 atom stereocenters. The van der Waals surface area contributed by atoms with Gasteiger partial charge in [0, 0.05) is 17.8 Å². The predicted molar refractivity (Wildman–Crippen MR) is 121 cm³/mol. The largest absolute Gasteiger partial charge is 0.383 e. The molecule has 2 heterocycles. The first-order valence-electron chi connectivity index (χ1n) is 10.4. The standard InChI is InChI=1S/C23H19F4N5S/c24-15-6-8-18(21(27)20(15)26)33-31-17-7-5-12(9-16(17)25)14-10-32(13-3-1-2-4-13)23-19(14)22(28)29-11-30-23/h5-11,13,31H,1-4H2,(H2,28,29,30). The van der Waals surface area contributed by atoms with Gasteiger partial charge >= 0.3 is 0 Å². The second-order valence-electron chi connectivity index (χ2n) is 7.92. The van der Waals surface area contributed by atoms with Crippen molar-refractivity contribution in [2.75, 3.05) is 10.5 Å². The molecule has 0 saturated heterocycles. The maximum atomic E-state index is 14.9. The number of halogens is 4. The summed E-state index contributed by atoms with van der Waals surface area (Å²) in [5.74, 6) is -4.47. The zero-order valence-electron chi connectivity index (χ0n) is 17.3. The van der Waals surface area contributed by atoms with Gasteiger partial charge in [-0.15, -0.1) is 0 Å². The van der Waals surface area contributed by atoms with E-state index in [-0.39, 0.29) is 10.6 Å². The fourth-order valence-corrected chi connectivity index (χ4v) is 4.95. The van der Waals surface area contributed by atoms with Crippen LogP contribution in [0.5, 0.6) is 0 Å². The van der Waals surface area contributed by atoms with E-state index in [1.807, 2.05) is 6.20 Å². The molecule has 33 heavy (non-hydrogen) atoms. The van der Waals surface area contributed by atoms with Crippen LogP contribution in [0.1, 0.15) is 31.7 Å². The molecule has 170 valence electrons. The van der Waals surface area contributed by atoms with E-state index in [4.69, 9.17) is 5.73 Å². The van der Waals surface area contributed by atoms with Crippen LogP contribution in [0.25, 0.3) is 22.2 Å². The van der Waals surface area contributed by atoms with E-state index in [9.17, 15) is 17.6 Å². The molecule has 5 rings (SSSR count). The molecular formula is C23H19F4N5S. The second kappa shape index (κ2) is 8.58. The second-order valence-corrected chi connectivity index (χ2v) is 8.77. The Hall–Kier alpha value is -3.27. The minimum absolute atomic E-state index is 0.0663. The molecule has 4 aromatic rings.